The highest BCUT2D eigenvalue weighted by Gasteiger charge is 2.22. The fraction of sp³-hybridized carbons (Fsp3) is 0.435. The summed E-state index contributed by atoms with van der Waals surface area (Å²) < 4.78 is 16.7. The summed E-state index contributed by atoms with van der Waals surface area (Å²) in [6.45, 7) is 6.03. The third-order valence-electron chi connectivity index (χ3n) is 5.21. The van der Waals surface area contributed by atoms with Crippen molar-refractivity contribution in [3.05, 3.63) is 59.7 Å². The zero-order valence-electron chi connectivity index (χ0n) is 16.9. The van der Waals surface area contributed by atoms with Crippen LogP contribution in [0.25, 0.3) is 0 Å². The van der Waals surface area contributed by atoms with E-state index >= 15 is 0 Å². The van der Waals surface area contributed by atoms with Crippen LogP contribution >= 0.6 is 0 Å². The van der Waals surface area contributed by atoms with Crippen molar-refractivity contribution >= 4 is 5.91 Å². The normalized spacial score (nSPS) is 17.2. The lowest BCUT2D eigenvalue weighted by molar-refractivity contribution is 0.0676. The number of carbonyl (C=O) groups is 1. The van der Waals surface area contributed by atoms with Crippen LogP contribution in [0.5, 0.6) is 11.5 Å². The molecule has 150 valence electrons. The van der Waals surface area contributed by atoms with E-state index in [0.29, 0.717) is 18.7 Å². The quantitative estimate of drug-likeness (QED) is 0.674. The summed E-state index contributed by atoms with van der Waals surface area (Å²) in [5.74, 6) is 1.56. The Kier molecular flexibility index (Phi) is 6.93. The molecule has 0 spiro atoms. The first-order valence-corrected chi connectivity index (χ1v) is 9.91. The molecule has 2 unspecified atom stereocenters. The van der Waals surface area contributed by atoms with Gasteiger partial charge in [0.1, 0.15) is 18.1 Å². The van der Waals surface area contributed by atoms with Gasteiger partial charge in [0.2, 0.25) is 0 Å². The van der Waals surface area contributed by atoms with Crippen LogP contribution in [0.15, 0.2) is 48.5 Å². The lowest BCUT2D eigenvalue weighted by Crippen LogP contribution is -2.33. The smallest absolute Gasteiger partial charge is 0.254 e. The molecule has 5 nitrogen and oxygen atoms in total. The van der Waals surface area contributed by atoms with Gasteiger partial charge in [-0.15, -0.1) is 0 Å². The Morgan fingerprint density at radius 1 is 1.21 bits per heavy atom. The lowest BCUT2D eigenvalue weighted by atomic mass is 10.0. The number of nitrogens with zero attached hydrogens (tertiary/aromatic N) is 1. The van der Waals surface area contributed by atoms with Gasteiger partial charge < -0.3 is 19.1 Å². The predicted octanol–water partition coefficient (Wildman–Crippen LogP) is 4.48. The number of methoxy groups -OCH3 is 1. The Morgan fingerprint density at radius 3 is 2.64 bits per heavy atom. The Bertz CT molecular complexity index is 768. The van der Waals surface area contributed by atoms with Crippen molar-refractivity contribution < 1.29 is 19.0 Å². The van der Waals surface area contributed by atoms with E-state index in [1.165, 1.54) is 0 Å². The molecule has 1 aliphatic heterocycles. The molecule has 1 fully saturated rings. The molecule has 2 aromatic carbocycles. The summed E-state index contributed by atoms with van der Waals surface area (Å²) in [5, 5.41) is 0. The molecule has 0 aliphatic carbocycles. The van der Waals surface area contributed by atoms with Gasteiger partial charge in [-0.3, -0.25) is 4.79 Å². The van der Waals surface area contributed by atoms with Gasteiger partial charge in [-0.25, -0.2) is 0 Å². The second-order valence-electron chi connectivity index (χ2n) is 7.01. The topological polar surface area (TPSA) is 48.0 Å². The molecule has 1 amide bonds. The maximum atomic E-state index is 13.1. The first-order valence-electron chi connectivity index (χ1n) is 9.91. The van der Waals surface area contributed by atoms with Crippen LogP contribution in [0, 0.1) is 0 Å². The second-order valence-corrected chi connectivity index (χ2v) is 7.01. The van der Waals surface area contributed by atoms with Crippen LogP contribution in [-0.2, 0) is 4.74 Å². The Labute approximate surface area is 167 Å². The van der Waals surface area contributed by atoms with Crippen molar-refractivity contribution in [3.8, 4) is 11.5 Å². The molecule has 2 atom stereocenters. The van der Waals surface area contributed by atoms with Crippen molar-refractivity contribution in [2.24, 2.45) is 0 Å². The van der Waals surface area contributed by atoms with Gasteiger partial charge in [-0.05, 0) is 68.7 Å². The molecule has 0 aromatic heterocycles. The minimum Gasteiger partial charge on any atom is -0.497 e. The van der Waals surface area contributed by atoms with E-state index in [1.54, 1.807) is 7.11 Å². The summed E-state index contributed by atoms with van der Waals surface area (Å²) in [6, 6.07) is 15.2. The summed E-state index contributed by atoms with van der Waals surface area (Å²) in [4.78, 5) is 14.9. The molecule has 0 radical (unpaired) electrons. The Hall–Kier alpha value is -2.53. The molecule has 2 aromatic rings. The number of amides is 1. The van der Waals surface area contributed by atoms with Gasteiger partial charge in [-0.2, -0.15) is 0 Å². The molecule has 1 saturated heterocycles. The maximum absolute atomic E-state index is 13.1. The van der Waals surface area contributed by atoms with Gasteiger partial charge in [0.15, 0.2) is 0 Å². The number of hydrogen-bond acceptors (Lipinski definition) is 4. The second kappa shape index (κ2) is 9.60. The number of rotatable bonds is 8. The van der Waals surface area contributed by atoms with Gasteiger partial charge in [0.05, 0.1) is 19.3 Å². The van der Waals surface area contributed by atoms with E-state index in [-0.39, 0.29) is 18.1 Å². The van der Waals surface area contributed by atoms with Gasteiger partial charge in [0.25, 0.3) is 5.91 Å². The van der Waals surface area contributed by atoms with Crippen LogP contribution in [0.4, 0.5) is 0 Å². The highest BCUT2D eigenvalue weighted by molar-refractivity contribution is 5.94. The molecule has 1 aliphatic rings. The highest BCUT2D eigenvalue weighted by atomic mass is 16.5. The molecular weight excluding hydrogens is 354 g/mol. The monoisotopic (exact) mass is 383 g/mol. The van der Waals surface area contributed by atoms with E-state index in [0.717, 1.165) is 36.5 Å². The summed E-state index contributed by atoms with van der Waals surface area (Å²) >= 11 is 0. The Morgan fingerprint density at radius 2 is 2.00 bits per heavy atom. The highest BCUT2D eigenvalue weighted by Crippen LogP contribution is 2.26. The van der Waals surface area contributed by atoms with Crippen molar-refractivity contribution in [2.75, 3.05) is 26.9 Å². The zero-order valence-corrected chi connectivity index (χ0v) is 16.9. The average molecular weight is 383 g/mol. The van der Waals surface area contributed by atoms with E-state index in [1.807, 2.05) is 67.3 Å². The minimum absolute atomic E-state index is 0.00324. The van der Waals surface area contributed by atoms with Gasteiger partial charge >= 0.3 is 0 Å². The predicted molar refractivity (Wildman–Crippen MR) is 109 cm³/mol. The molecule has 0 bridgehead atoms. The first kappa shape index (κ1) is 20.2. The molecule has 5 heteroatoms. The molecule has 0 saturated carbocycles. The third-order valence-corrected chi connectivity index (χ3v) is 5.21. The zero-order chi connectivity index (χ0) is 19.9. The summed E-state index contributed by atoms with van der Waals surface area (Å²) in [5.41, 5.74) is 1.70. The van der Waals surface area contributed by atoms with Gasteiger partial charge in [0, 0.05) is 18.7 Å². The first-order chi connectivity index (χ1) is 13.6. The van der Waals surface area contributed by atoms with Gasteiger partial charge in [-0.1, -0.05) is 12.1 Å². The van der Waals surface area contributed by atoms with Crippen LogP contribution in [-0.4, -0.2) is 43.8 Å². The summed E-state index contributed by atoms with van der Waals surface area (Å²) in [6.07, 6.45) is 2.32. The molecular formula is C23H29NO4. The lowest BCUT2D eigenvalue weighted by Gasteiger charge is -2.29. The number of benzene rings is 2. The van der Waals surface area contributed by atoms with Crippen molar-refractivity contribution in [1.29, 1.82) is 0 Å². The fourth-order valence-corrected chi connectivity index (χ4v) is 3.50. The van der Waals surface area contributed by atoms with Crippen molar-refractivity contribution in [2.45, 2.75) is 38.8 Å². The van der Waals surface area contributed by atoms with Crippen molar-refractivity contribution in [1.82, 2.24) is 4.90 Å². The molecule has 3 rings (SSSR count). The standard InChI is InChI=1S/C23H29NO4/c1-4-24(17(2)19-7-5-8-21(15-19)26-3)23(25)18-10-12-20(13-11-18)28-16-22-9-6-14-27-22/h5,7-8,10-13,15,17,22H,4,6,9,14,16H2,1-3H3. The van der Waals surface area contributed by atoms with Crippen LogP contribution in [0.1, 0.15) is 48.7 Å². The van der Waals surface area contributed by atoms with Crippen LogP contribution < -0.4 is 9.47 Å². The number of ether oxygens (including phenoxy) is 3. The molecule has 28 heavy (non-hydrogen) atoms. The van der Waals surface area contributed by atoms with E-state index < -0.39 is 0 Å². The average Bonchev–Trinajstić information content (AvgIpc) is 3.26. The third kappa shape index (κ3) is 4.84. The largest absolute Gasteiger partial charge is 0.497 e. The SMILES string of the molecule is CCN(C(=O)c1ccc(OCC2CCCO2)cc1)C(C)c1cccc(OC)c1. The van der Waals surface area contributed by atoms with Crippen molar-refractivity contribution in [3.63, 3.8) is 0 Å². The molecule has 0 N–H and O–H groups in total. The van der Waals surface area contributed by atoms with E-state index in [4.69, 9.17) is 14.2 Å². The fourth-order valence-electron chi connectivity index (χ4n) is 3.50. The Balaban J connectivity index is 1.66. The van der Waals surface area contributed by atoms with Crippen LogP contribution in [0.3, 0.4) is 0 Å². The maximum Gasteiger partial charge on any atom is 0.254 e. The minimum atomic E-state index is -0.0527. The number of hydrogen-bond donors (Lipinski definition) is 0. The molecule has 1 heterocycles. The number of carbonyl (C=O) groups excluding carboxylic acids is 1. The van der Waals surface area contributed by atoms with E-state index in [2.05, 4.69) is 0 Å². The summed E-state index contributed by atoms with van der Waals surface area (Å²) in [7, 11) is 1.65. The van der Waals surface area contributed by atoms with E-state index in [9.17, 15) is 4.79 Å². The van der Waals surface area contributed by atoms with Crippen LogP contribution in [0.2, 0.25) is 0 Å².